The minimum absolute atomic E-state index is 0.110. The predicted octanol–water partition coefficient (Wildman–Crippen LogP) is 3.33. The number of rotatable bonds is 4. The molecular formula is C25H25NO7. The van der Waals surface area contributed by atoms with Crippen molar-refractivity contribution in [2.45, 2.75) is 44.2 Å². The molecule has 6 rings (SSSR count). The molecule has 0 spiro atoms. The summed E-state index contributed by atoms with van der Waals surface area (Å²) in [5.74, 6) is 0.639. The third-order valence-electron chi connectivity index (χ3n) is 7.13. The number of aliphatic hydroxyl groups excluding tert-OH is 1. The van der Waals surface area contributed by atoms with E-state index >= 15 is 0 Å². The predicted molar refractivity (Wildman–Crippen MR) is 118 cm³/mol. The van der Waals surface area contributed by atoms with Crippen molar-refractivity contribution in [1.82, 2.24) is 0 Å². The summed E-state index contributed by atoms with van der Waals surface area (Å²) in [4.78, 5) is 15.3. The molecular weight excluding hydrogens is 426 g/mol. The van der Waals surface area contributed by atoms with Crippen LogP contribution in [0.5, 0.6) is 23.0 Å². The molecule has 2 N–H and O–H groups in total. The first-order valence-electron chi connectivity index (χ1n) is 11.2. The molecule has 1 unspecified atom stereocenters. The van der Waals surface area contributed by atoms with Gasteiger partial charge in [0.05, 0.1) is 25.0 Å². The van der Waals surface area contributed by atoms with Crippen molar-refractivity contribution < 1.29 is 34.0 Å². The normalized spacial score (nSPS) is 21.3. The molecule has 1 aliphatic carbocycles. The lowest BCUT2D eigenvalue weighted by molar-refractivity contribution is -0.136. The van der Waals surface area contributed by atoms with Crippen molar-refractivity contribution in [3.63, 3.8) is 0 Å². The molecule has 0 bridgehead atoms. The van der Waals surface area contributed by atoms with Crippen LogP contribution in [0.25, 0.3) is 0 Å². The fraction of sp³-hybridized carbons (Fsp3) is 0.400. The maximum atomic E-state index is 13.1. The molecule has 0 saturated heterocycles. The number of nitrogens with zero attached hydrogens (tertiary/aromatic N) is 1. The van der Waals surface area contributed by atoms with Gasteiger partial charge in [0.15, 0.2) is 23.0 Å². The fourth-order valence-corrected chi connectivity index (χ4v) is 5.64. The zero-order chi connectivity index (χ0) is 22.7. The van der Waals surface area contributed by atoms with Crippen molar-refractivity contribution in [2.24, 2.45) is 0 Å². The van der Waals surface area contributed by atoms with Crippen LogP contribution in [0.15, 0.2) is 35.5 Å². The Hall–Kier alpha value is -3.39. The molecule has 2 aromatic rings. The van der Waals surface area contributed by atoms with E-state index in [4.69, 9.17) is 18.9 Å². The Morgan fingerprint density at radius 2 is 1.85 bits per heavy atom. The minimum Gasteiger partial charge on any atom is -0.504 e. The quantitative estimate of drug-likeness (QED) is 0.684. The number of carbonyl (C=O) groups is 1. The van der Waals surface area contributed by atoms with E-state index in [1.54, 1.807) is 12.1 Å². The van der Waals surface area contributed by atoms with E-state index in [1.807, 2.05) is 12.1 Å². The molecule has 8 nitrogen and oxygen atoms in total. The topological polar surface area (TPSA) is 97.7 Å². The number of hydrogen-bond acceptors (Lipinski definition) is 8. The Kier molecular flexibility index (Phi) is 4.65. The lowest BCUT2D eigenvalue weighted by Crippen LogP contribution is -2.38. The monoisotopic (exact) mass is 451 g/mol. The average molecular weight is 451 g/mol. The number of cyclic esters (lactones) is 1. The summed E-state index contributed by atoms with van der Waals surface area (Å²) >= 11 is 0. The first-order chi connectivity index (χ1) is 16.1. The summed E-state index contributed by atoms with van der Waals surface area (Å²) in [6.07, 6.45) is 4.39. The second-order valence-corrected chi connectivity index (χ2v) is 8.83. The van der Waals surface area contributed by atoms with Crippen LogP contribution < -0.4 is 19.1 Å². The van der Waals surface area contributed by atoms with Crippen molar-refractivity contribution in [3.05, 3.63) is 52.2 Å². The first-order valence-corrected chi connectivity index (χ1v) is 11.2. The number of phenols is 1. The van der Waals surface area contributed by atoms with Gasteiger partial charge in [-0.25, -0.2) is 4.79 Å². The Morgan fingerprint density at radius 3 is 2.58 bits per heavy atom. The third kappa shape index (κ3) is 2.97. The van der Waals surface area contributed by atoms with Gasteiger partial charge in [-0.05, 0) is 42.2 Å². The van der Waals surface area contributed by atoms with E-state index in [2.05, 4.69) is 4.90 Å². The number of ether oxygens (including phenoxy) is 4. The number of aliphatic hydroxyl groups is 1. The van der Waals surface area contributed by atoms with Crippen molar-refractivity contribution in [1.29, 1.82) is 0 Å². The van der Waals surface area contributed by atoms with E-state index in [0.29, 0.717) is 22.6 Å². The fourth-order valence-electron chi connectivity index (χ4n) is 5.64. The lowest BCUT2D eigenvalue weighted by atomic mass is 9.79. The maximum absolute atomic E-state index is 13.1. The standard InChI is InChI=1S/C25H25NO7/c1-30-21-7-13(6-14(10-27)24(21)28)22-16-8-19-20(33-12-32-19)9-17(16)26(15-4-2-3-5-15)18-11-31-25(29)23(18)22/h6-9,15,22,27-28H,2-5,10-12H2,1H3. The number of methoxy groups -OCH3 is 1. The Balaban J connectivity index is 1.61. The number of esters is 1. The van der Waals surface area contributed by atoms with Crippen LogP contribution in [0.4, 0.5) is 5.69 Å². The highest BCUT2D eigenvalue weighted by Crippen LogP contribution is 2.53. The molecule has 0 aromatic heterocycles. The zero-order valence-corrected chi connectivity index (χ0v) is 18.3. The number of anilines is 1. The largest absolute Gasteiger partial charge is 0.504 e. The van der Waals surface area contributed by atoms with Gasteiger partial charge in [0.1, 0.15) is 6.61 Å². The molecule has 8 heteroatoms. The Bertz CT molecular complexity index is 1160. The van der Waals surface area contributed by atoms with Gasteiger partial charge in [-0.15, -0.1) is 0 Å². The molecule has 1 saturated carbocycles. The van der Waals surface area contributed by atoms with E-state index in [1.165, 1.54) is 7.11 Å². The molecule has 3 aliphatic heterocycles. The Labute approximate surface area is 190 Å². The lowest BCUT2D eigenvalue weighted by Gasteiger charge is -2.39. The second-order valence-electron chi connectivity index (χ2n) is 8.83. The van der Waals surface area contributed by atoms with Crippen LogP contribution in [-0.2, 0) is 16.1 Å². The van der Waals surface area contributed by atoms with Gasteiger partial charge in [-0.1, -0.05) is 12.8 Å². The summed E-state index contributed by atoms with van der Waals surface area (Å²) in [5, 5.41) is 20.3. The molecule has 3 heterocycles. The molecule has 2 aromatic carbocycles. The highest BCUT2D eigenvalue weighted by molar-refractivity contribution is 5.98. The summed E-state index contributed by atoms with van der Waals surface area (Å²) in [6, 6.07) is 7.66. The number of hydrogen-bond donors (Lipinski definition) is 2. The van der Waals surface area contributed by atoms with Gasteiger partial charge in [0.25, 0.3) is 0 Å². The van der Waals surface area contributed by atoms with Crippen LogP contribution in [0.1, 0.15) is 48.3 Å². The van der Waals surface area contributed by atoms with Gasteiger partial charge in [-0.3, -0.25) is 0 Å². The summed E-state index contributed by atoms with van der Waals surface area (Å²) in [5.41, 5.74) is 4.40. The van der Waals surface area contributed by atoms with E-state index in [9.17, 15) is 15.0 Å². The number of carbonyl (C=O) groups excluding carboxylic acids is 1. The van der Waals surface area contributed by atoms with Gasteiger partial charge < -0.3 is 34.1 Å². The average Bonchev–Trinajstić information content (AvgIpc) is 3.58. The van der Waals surface area contributed by atoms with Gasteiger partial charge in [0.2, 0.25) is 6.79 Å². The van der Waals surface area contributed by atoms with Crippen molar-refractivity contribution in [3.8, 4) is 23.0 Å². The number of aromatic hydroxyl groups is 1. The molecule has 172 valence electrons. The highest BCUT2D eigenvalue weighted by atomic mass is 16.7. The number of benzene rings is 2. The van der Waals surface area contributed by atoms with Crippen LogP contribution in [0.2, 0.25) is 0 Å². The zero-order valence-electron chi connectivity index (χ0n) is 18.3. The summed E-state index contributed by atoms with van der Waals surface area (Å²) < 4.78 is 22.3. The minimum atomic E-state index is -0.461. The Morgan fingerprint density at radius 1 is 1.09 bits per heavy atom. The van der Waals surface area contributed by atoms with E-state index in [-0.39, 0.29) is 43.5 Å². The van der Waals surface area contributed by atoms with Crippen LogP contribution in [-0.4, -0.2) is 42.7 Å². The maximum Gasteiger partial charge on any atom is 0.337 e. The van der Waals surface area contributed by atoms with E-state index in [0.717, 1.165) is 48.2 Å². The van der Waals surface area contributed by atoms with Crippen molar-refractivity contribution in [2.75, 3.05) is 25.4 Å². The van der Waals surface area contributed by atoms with Gasteiger partial charge in [-0.2, -0.15) is 0 Å². The van der Waals surface area contributed by atoms with Crippen LogP contribution >= 0.6 is 0 Å². The first kappa shape index (κ1) is 20.2. The van der Waals surface area contributed by atoms with Crippen LogP contribution in [0.3, 0.4) is 0 Å². The van der Waals surface area contributed by atoms with Crippen LogP contribution in [0, 0.1) is 0 Å². The number of fused-ring (bicyclic) bond motifs is 2. The van der Waals surface area contributed by atoms with Gasteiger partial charge >= 0.3 is 5.97 Å². The molecule has 4 aliphatic rings. The summed E-state index contributed by atoms with van der Waals surface area (Å²) in [6.45, 7) is 0.0155. The highest BCUT2D eigenvalue weighted by Gasteiger charge is 2.45. The SMILES string of the molecule is COc1cc(C2C3=C(COC3=O)N(C3CCCC3)c3cc4c(cc32)OCO4)cc(CO)c1O. The smallest absolute Gasteiger partial charge is 0.337 e. The molecule has 0 amide bonds. The molecule has 0 radical (unpaired) electrons. The molecule has 1 fully saturated rings. The summed E-state index contributed by atoms with van der Waals surface area (Å²) in [7, 11) is 1.46. The van der Waals surface area contributed by atoms with Crippen molar-refractivity contribution >= 4 is 11.7 Å². The third-order valence-corrected chi connectivity index (χ3v) is 7.13. The van der Waals surface area contributed by atoms with E-state index < -0.39 is 5.92 Å². The molecule has 1 atom stereocenters. The second kappa shape index (κ2) is 7.59. The van der Waals surface area contributed by atoms with Gasteiger partial charge in [0, 0.05) is 29.3 Å². The molecule has 33 heavy (non-hydrogen) atoms.